The van der Waals surface area contributed by atoms with E-state index in [1.54, 1.807) is 0 Å². The first-order valence-electron chi connectivity index (χ1n) is 8.28. The molecule has 0 amide bonds. The van der Waals surface area contributed by atoms with Gasteiger partial charge in [0.05, 0.1) is 0 Å². The number of allylic oxidation sites excluding steroid dienone is 2. The Balaban J connectivity index is 2.56. The quantitative estimate of drug-likeness (QED) is 0.333. The van der Waals surface area contributed by atoms with Crippen LogP contribution in [0.25, 0.3) is 0 Å². The van der Waals surface area contributed by atoms with Crippen LogP contribution in [0.2, 0.25) is 0 Å². The number of hydrogen-bond acceptors (Lipinski definition) is 0. The van der Waals surface area contributed by atoms with Gasteiger partial charge in [-0.1, -0.05) is 0 Å². The fourth-order valence-electron chi connectivity index (χ4n) is 1.97. The van der Waals surface area contributed by atoms with Crippen LogP contribution < -0.4 is 4.46 Å². The maximum atomic E-state index is 3.44. The van der Waals surface area contributed by atoms with Crippen molar-refractivity contribution in [3.05, 3.63) is 40.9 Å². The van der Waals surface area contributed by atoms with Crippen molar-refractivity contribution in [2.45, 2.75) is 65.2 Å². The number of benzene rings is 1. The minimum atomic E-state index is 0.366. The third kappa shape index (κ3) is 9.57. The molecule has 1 aromatic carbocycles. The van der Waals surface area contributed by atoms with Gasteiger partial charge in [-0.05, 0) is 0 Å². The van der Waals surface area contributed by atoms with Gasteiger partial charge in [0, 0.05) is 0 Å². The summed E-state index contributed by atoms with van der Waals surface area (Å²) in [4.78, 5) is 0. The summed E-state index contributed by atoms with van der Waals surface area (Å²) in [6.07, 6.45) is 12.3. The molecule has 0 heterocycles. The zero-order valence-electron chi connectivity index (χ0n) is 13.5. The molecule has 0 saturated carbocycles. The van der Waals surface area contributed by atoms with Gasteiger partial charge in [-0.15, -0.1) is 0 Å². The normalized spacial score (nSPS) is 11.0. The van der Waals surface area contributed by atoms with E-state index < -0.39 is 0 Å². The van der Waals surface area contributed by atoms with Crippen LogP contribution in [0.15, 0.2) is 40.9 Å². The SMILES string of the molecule is CCCCCC#C/C(=C/CCCCC)[Se]c1ccccc1. The second-order valence-electron chi connectivity index (χ2n) is 5.24. The van der Waals surface area contributed by atoms with Crippen molar-refractivity contribution in [2.24, 2.45) is 0 Å². The van der Waals surface area contributed by atoms with E-state index in [1.165, 1.54) is 53.9 Å². The first-order chi connectivity index (χ1) is 10.4. The fourth-order valence-corrected chi connectivity index (χ4v) is 3.80. The van der Waals surface area contributed by atoms with E-state index in [9.17, 15) is 0 Å². The summed E-state index contributed by atoms with van der Waals surface area (Å²) < 4.78 is 2.79. The Bertz CT molecular complexity index is 448. The van der Waals surface area contributed by atoms with E-state index in [2.05, 4.69) is 62.1 Å². The molecule has 0 saturated heterocycles. The predicted octanol–water partition coefficient (Wildman–Crippen LogP) is 5.06. The van der Waals surface area contributed by atoms with E-state index in [0.717, 1.165) is 6.42 Å². The molecule has 21 heavy (non-hydrogen) atoms. The van der Waals surface area contributed by atoms with Crippen molar-refractivity contribution in [1.82, 2.24) is 0 Å². The Morgan fingerprint density at radius 2 is 1.71 bits per heavy atom. The molecule has 0 aliphatic heterocycles. The molecule has 0 radical (unpaired) electrons. The zero-order valence-corrected chi connectivity index (χ0v) is 15.2. The average Bonchev–Trinajstić information content (AvgIpc) is 2.52. The summed E-state index contributed by atoms with van der Waals surface area (Å²) in [5.41, 5.74) is 0. The van der Waals surface area contributed by atoms with Crippen LogP contribution in [0.5, 0.6) is 0 Å². The Hall–Kier alpha value is -0.961. The number of hydrogen-bond donors (Lipinski definition) is 0. The summed E-state index contributed by atoms with van der Waals surface area (Å²) in [7, 11) is 0. The number of rotatable bonds is 9. The van der Waals surface area contributed by atoms with Crippen molar-refractivity contribution in [1.29, 1.82) is 0 Å². The Kier molecular flexibility index (Phi) is 11.0. The summed E-state index contributed by atoms with van der Waals surface area (Å²) >= 11 is 0.366. The fraction of sp³-hybridized carbons (Fsp3) is 0.500. The topological polar surface area (TPSA) is 0 Å². The van der Waals surface area contributed by atoms with Crippen molar-refractivity contribution in [3.8, 4) is 11.8 Å². The van der Waals surface area contributed by atoms with Crippen molar-refractivity contribution < 1.29 is 0 Å². The van der Waals surface area contributed by atoms with Gasteiger partial charge in [0.15, 0.2) is 0 Å². The summed E-state index contributed by atoms with van der Waals surface area (Å²) in [6.45, 7) is 4.50. The molecule has 0 N–H and O–H groups in total. The third-order valence-electron chi connectivity index (χ3n) is 3.23. The van der Waals surface area contributed by atoms with Gasteiger partial charge in [-0.25, -0.2) is 0 Å². The first-order valence-corrected chi connectivity index (χ1v) is 10.00. The standard InChI is InChI=1S/C20H28Se/c1-3-5-7-9-12-16-19(15-11-8-6-4-2)21-20-17-13-10-14-18-20/h10,13-15,17-18H,3-9,11H2,1-2H3/b19-15-. The van der Waals surface area contributed by atoms with Gasteiger partial charge in [0.25, 0.3) is 0 Å². The monoisotopic (exact) mass is 348 g/mol. The van der Waals surface area contributed by atoms with E-state index >= 15 is 0 Å². The van der Waals surface area contributed by atoms with E-state index in [-0.39, 0.29) is 0 Å². The predicted molar refractivity (Wildman–Crippen MR) is 96.0 cm³/mol. The molecule has 0 fully saturated rings. The molecule has 0 aliphatic rings. The van der Waals surface area contributed by atoms with Gasteiger partial charge >= 0.3 is 137 Å². The molecule has 1 heteroatoms. The van der Waals surface area contributed by atoms with Crippen LogP contribution in [-0.2, 0) is 0 Å². The molecular weight excluding hydrogens is 319 g/mol. The zero-order chi connectivity index (χ0) is 15.2. The summed E-state index contributed by atoms with van der Waals surface area (Å²) in [5, 5.41) is 0. The molecule has 0 aliphatic carbocycles. The van der Waals surface area contributed by atoms with E-state index in [4.69, 9.17) is 0 Å². The van der Waals surface area contributed by atoms with Crippen molar-refractivity contribution in [3.63, 3.8) is 0 Å². The molecule has 0 spiro atoms. The molecule has 0 atom stereocenters. The van der Waals surface area contributed by atoms with Crippen molar-refractivity contribution in [2.75, 3.05) is 0 Å². The number of unbranched alkanes of at least 4 members (excludes halogenated alkanes) is 6. The van der Waals surface area contributed by atoms with Crippen LogP contribution in [0, 0.1) is 11.8 Å². The Labute approximate surface area is 137 Å². The van der Waals surface area contributed by atoms with Crippen LogP contribution in [0.4, 0.5) is 0 Å². The Morgan fingerprint density at radius 3 is 2.43 bits per heavy atom. The summed E-state index contributed by atoms with van der Waals surface area (Å²) in [5.74, 6) is 6.82. The third-order valence-corrected chi connectivity index (χ3v) is 5.32. The van der Waals surface area contributed by atoms with Gasteiger partial charge < -0.3 is 0 Å². The molecule has 114 valence electrons. The molecular formula is C20H28Se. The minimum absolute atomic E-state index is 0.366. The van der Waals surface area contributed by atoms with Crippen LogP contribution in [0.1, 0.15) is 65.2 Å². The van der Waals surface area contributed by atoms with E-state index in [1.807, 2.05) is 0 Å². The van der Waals surface area contributed by atoms with Gasteiger partial charge in [-0.2, -0.15) is 0 Å². The van der Waals surface area contributed by atoms with Crippen LogP contribution >= 0.6 is 0 Å². The van der Waals surface area contributed by atoms with Gasteiger partial charge in [0.1, 0.15) is 0 Å². The van der Waals surface area contributed by atoms with Crippen LogP contribution in [0.3, 0.4) is 0 Å². The van der Waals surface area contributed by atoms with Gasteiger partial charge in [-0.3, -0.25) is 0 Å². The molecule has 1 rings (SSSR count). The second kappa shape index (κ2) is 12.8. The molecule has 1 aromatic rings. The molecule has 0 nitrogen and oxygen atoms in total. The van der Waals surface area contributed by atoms with Crippen molar-refractivity contribution >= 4 is 19.4 Å². The molecule has 0 unspecified atom stereocenters. The average molecular weight is 347 g/mol. The molecule has 0 aromatic heterocycles. The summed E-state index contributed by atoms with van der Waals surface area (Å²) in [6, 6.07) is 10.8. The Morgan fingerprint density at radius 1 is 1.00 bits per heavy atom. The van der Waals surface area contributed by atoms with Gasteiger partial charge in [0.2, 0.25) is 0 Å². The van der Waals surface area contributed by atoms with E-state index in [0.29, 0.717) is 15.0 Å². The second-order valence-corrected chi connectivity index (χ2v) is 7.58. The maximum absolute atomic E-state index is 3.44. The molecule has 0 bridgehead atoms. The first kappa shape index (κ1) is 18.1. The van der Waals surface area contributed by atoms with Crippen LogP contribution in [-0.4, -0.2) is 15.0 Å².